The number of hydrogen-bond acceptors (Lipinski definition) is 6. The van der Waals surface area contributed by atoms with Crippen LogP contribution in [0.15, 0.2) is 42.7 Å². The Labute approximate surface area is 207 Å². The predicted molar refractivity (Wildman–Crippen MR) is 140 cm³/mol. The number of carbonyl (C=O) groups is 1. The fourth-order valence-corrected chi connectivity index (χ4v) is 4.64. The van der Waals surface area contributed by atoms with Crippen molar-refractivity contribution < 1.29 is 4.79 Å². The SMILES string of the molecule is CC(C)NC(=O)c1cnc(Nc2ccc3c(c2)CC(N(C)C)CC3)cc1Nc1ccn(C2CC2)n1. The van der Waals surface area contributed by atoms with Crippen LogP contribution in [0.2, 0.25) is 0 Å². The average molecular weight is 474 g/mol. The lowest BCUT2D eigenvalue weighted by Crippen LogP contribution is -2.33. The number of nitrogens with one attached hydrogen (secondary N) is 3. The van der Waals surface area contributed by atoms with E-state index in [1.165, 1.54) is 30.4 Å². The van der Waals surface area contributed by atoms with E-state index in [0.29, 0.717) is 29.2 Å². The van der Waals surface area contributed by atoms with Gasteiger partial charge in [0.2, 0.25) is 0 Å². The fourth-order valence-electron chi connectivity index (χ4n) is 4.64. The molecule has 1 saturated carbocycles. The number of benzene rings is 1. The normalized spacial score (nSPS) is 17.4. The second-order valence-electron chi connectivity index (χ2n) is 10.2. The molecule has 1 atom stereocenters. The summed E-state index contributed by atoms with van der Waals surface area (Å²) < 4.78 is 1.99. The van der Waals surface area contributed by atoms with E-state index in [9.17, 15) is 4.79 Å². The number of fused-ring (bicyclic) bond motifs is 1. The number of pyridine rings is 1. The number of carbonyl (C=O) groups excluding carboxylic acids is 1. The summed E-state index contributed by atoms with van der Waals surface area (Å²) in [7, 11) is 4.31. The zero-order valence-corrected chi connectivity index (χ0v) is 21.0. The molecule has 2 aliphatic carbocycles. The van der Waals surface area contributed by atoms with Crippen molar-refractivity contribution in [3.05, 3.63) is 59.4 Å². The van der Waals surface area contributed by atoms with Gasteiger partial charge in [-0.25, -0.2) is 4.98 Å². The van der Waals surface area contributed by atoms with Crippen LogP contribution >= 0.6 is 0 Å². The lowest BCUT2D eigenvalue weighted by Gasteiger charge is -2.30. The van der Waals surface area contributed by atoms with Crippen LogP contribution in [0.5, 0.6) is 0 Å². The number of rotatable bonds is 8. The van der Waals surface area contributed by atoms with Crippen molar-refractivity contribution in [2.24, 2.45) is 0 Å². The maximum Gasteiger partial charge on any atom is 0.255 e. The predicted octanol–water partition coefficient (Wildman–Crippen LogP) is 4.66. The Kier molecular flexibility index (Phi) is 6.47. The van der Waals surface area contributed by atoms with Gasteiger partial charge in [0.1, 0.15) is 5.82 Å². The molecule has 2 heterocycles. The van der Waals surface area contributed by atoms with Crippen LogP contribution in [0, 0.1) is 0 Å². The Balaban J connectivity index is 1.39. The van der Waals surface area contributed by atoms with E-state index >= 15 is 0 Å². The first-order valence-electron chi connectivity index (χ1n) is 12.5. The minimum Gasteiger partial charge on any atom is -0.350 e. The molecule has 35 heavy (non-hydrogen) atoms. The van der Waals surface area contributed by atoms with Crippen LogP contribution in [0.4, 0.5) is 23.0 Å². The van der Waals surface area contributed by atoms with E-state index in [1.807, 2.05) is 36.9 Å². The molecule has 1 amide bonds. The zero-order valence-electron chi connectivity index (χ0n) is 21.0. The highest BCUT2D eigenvalue weighted by Crippen LogP contribution is 2.35. The van der Waals surface area contributed by atoms with Crippen molar-refractivity contribution in [3.8, 4) is 0 Å². The van der Waals surface area contributed by atoms with E-state index in [4.69, 9.17) is 0 Å². The molecule has 3 N–H and O–H groups in total. The highest BCUT2D eigenvalue weighted by molar-refractivity contribution is 6.00. The summed E-state index contributed by atoms with van der Waals surface area (Å²) >= 11 is 0. The average Bonchev–Trinajstić information content (AvgIpc) is 3.57. The summed E-state index contributed by atoms with van der Waals surface area (Å²) in [5.74, 6) is 1.23. The third-order valence-corrected chi connectivity index (χ3v) is 6.77. The summed E-state index contributed by atoms with van der Waals surface area (Å²) in [6.45, 7) is 3.89. The minimum atomic E-state index is -0.160. The topological polar surface area (TPSA) is 87.1 Å². The van der Waals surface area contributed by atoms with Gasteiger partial charge >= 0.3 is 0 Å². The molecule has 184 valence electrons. The lowest BCUT2D eigenvalue weighted by molar-refractivity contribution is 0.0943. The maximum absolute atomic E-state index is 12.9. The van der Waals surface area contributed by atoms with Crippen molar-refractivity contribution >= 4 is 28.9 Å². The number of amides is 1. The summed E-state index contributed by atoms with van der Waals surface area (Å²) in [5, 5.41) is 14.4. The number of aromatic nitrogens is 3. The monoisotopic (exact) mass is 473 g/mol. The molecule has 0 radical (unpaired) electrons. The van der Waals surface area contributed by atoms with E-state index in [2.05, 4.69) is 63.2 Å². The largest absolute Gasteiger partial charge is 0.350 e. The molecule has 0 bridgehead atoms. The summed E-state index contributed by atoms with van der Waals surface area (Å²) in [6, 6.07) is 11.5. The van der Waals surface area contributed by atoms with E-state index in [1.54, 1.807) is 6.20 Å². The van der Waals surface area contributed by atoms with Crippen LogP contribution in [-0.4, -0.2) is 51.8 Å². The van der Waals surface area contributed by atoms with Crippen molar-refractivity contribution in [3.63, 3.8) is 0 Å². The van der Waals surface area contributed by atoms with E-state index in [-0.39, 0.29) is 11.9 Å². The van der Waals surface area contributed by atoms with Gasteiger partial charge in [-0.3, -0.25) is 9.48 Å². The second kappa shape index (κ2) is 9.70. The van der Waals surface area contributed by atoms with Crippen LogP contribution < -0.4 is 16.0 Å². The number of hydrogen-bond donors (Lipinski definition) is 3. The van der Waals surface area contributed by atoms with Gasteiger partial charge in [0.05, 0.1) is 17.3 Å². The molecule has 0 aliphatic heterocycles. The molecule has 0 saturated heterocycles. The van der Waals surface area contributed by atoms with Gasteiger partial charge in [0, 0.05) is 42.3 Å². The van der Waals surface area contributed by atoms with Crippen LogP contribution in [0.1, 0.15) is 60.6 Å². The van der Waals surface area contributed by atoms with Gasteiger partial charge in [-0.2, -0.15) is 5.10 Å². The van der Waals surface area contributed by atoms with Crippen LogP contribution in [0.3, 0.4) is 0 Å². The third kappa shape index (κ3) is 5.48. The summed E-state index contributed by atoms with van der Waals surface area (Å²) in [4.78, 5) is 19.7. The maximum atomic E-state index is 12.9. The first-order valence-corrected chi connectivity index (χ1v) is 12.5. The summed E-state index contributed by atoms with van der Waals surface area (Å²) in [6.07, 6.45) is 9.31. The number of aryl methyl sites for hydroxylation is 1. The van der Waals surface area contributed by atoms with Gasteiger partial charge < -0.3 is 20.9 Å². The molecule has 8 heteroatoms. The molecule has 0 spiro atoms. The molecular formula is C27H35N7O. The Hall–Kier alpha value is -3.39. The fraction of sp³-hybridized carbons (Fsp3) is 0.444. The van der Waals surface area contributed by atoms with Gasteiger partial charge in [-0.15, -0.1) is 0 Å². The van der Waals surface area contributed by atoms with E-state index in [0.717, 1.165) is 24.3 Å². The Morgan fingerprint density at radius 3 is 2.63 bits per heavy atom. The molecule has 2 aromatic heterocycles. The highest BCUT2D eigenvalue weighted by atomic mass is 16.1. The van der Waals surface area contributed by atoms with Crippen molar-refractivity contribution in [2.75, 3.05) is 24.7 Å². The van der Waals surface area contributed by atoms with Crippen molar-refractivity contribution in [1.82, 2.24) is 25.0 Å². The van der Waals surface area contributed by atoms with Crippen molar-refractivity contribution in [2.45, 2.75) is 64.1 Å². The molecule has 8 nitrogen and oxygen atoms in total. The Morgan fingerprint density at radius 2 is 1.89 bits per heavy atom. The van der Waals surface area contributed by atoms with Crippen LogP contribution in [-0.2, 0) is 12.8 Å². The van der Waals surface area contributed by atoms with Gasteiger partial charge in [0.25, 0.3) is 5.91 Å². The van der Waals surface area contributed by atoms with E-state index < -0.39 is 0 Å². The summed E-state index contributed by atoms with van der Waals surface area (Å²) in [5.41, 5.74) is 4.98. The Morgan fingerprint density at radius 1 is 1.06 bits per heavy atom. The lowest BCUT2D eigenvalue weighted by atomic mass is 9.87. The number of nitrogens with zero attached hydrogens (tertiary/aromatic N) is 4. The highest BCUT2D eigenvalue weighted by Gasteiger charge is 2.25. The first-order chi connectivity index (χ1) is 16.9. The number of anilines is 4. The smallest absolute Gasteiger partial charge is 0.255 e. The zero-order chi connectivity index (χ0) is 24.5. The quantitative estimate of drug-likeness (QED) is 0.441. The van der Waals surface area contributed by atoms with Gasteiger partial charge in [-0.05, 0) is 83.3 Å². The first kappa shape index (κ1) is 23.4. The molecule has 3 aromatic rings. The molecular weight excluding hydrogens is 438 g/mol. The van der Waals surface area contributed by atoms with Gasteiger partial charge in [0.15, 0.2) is 5.82 Å². The van der Waals surface area contributed by atoms with Crippen LogP contribution in [0.25, 0.3) is 0 Å². The second-order valence-corrected chi connectivity index (χ2v) is 10.2. The van der Waals surface area contributed by atoms with Crippen molar-refractivity contribution in [1.29, 1.82) is 0 Å². The minimum absolute atomic E-state index is 0.0312. The molecule has 1 unspecified atom stereocenters. The number of likely N-dealkylation sites (N-methyl/N-ethyl adjacent to an activating group) is 1. The molecule has 1 aromatic carbocycles. The molecule has 1 fully saturated rings. The molecule has 5 rings (SSSR count). The molecule has 2 aliphatic rings. The third-order valence-electron chi connectivity index (χ3n) is 6.77. The Bertz CT molecular complexity index is 1210. The standard InChI is InChI=1S/C27H35N7O/c1-17(2)29-27(35)23-16-28-26(15-24(23)31-25-11-12-34(32-25)21-9-10-21)30-20-7-5-18-6-8-22(33(3)4)14-19(18)13-20/h5,7,11-13,15-17,21-22H,6,8-10,14H2,1-4H3,(H,29,35)(H2,28,30,31,32). The van der Waals surface area contributed by atoms with Gasteiger partial charge in [-0.1, -0.05) is 6.07 Å².